The number of hydrogen-bond donors (Lipinski definition) is 2. The van der Waals surface area contributed by atoms with Crippen molar-refractivity contribution in [3.05, 3.63) is 59.7 Å². The summed E-state index contributed by atoms with van der Waals surface area (Å²) in [5.74, 6) is -0.391. The van der Waals surface area contributed by atoms with E-state index in [1.807, 2.05) is 0 Å². The summed E-state index contributed by atoms with van der Waals surface area (Å²) in [4.78, 5) is 12.7. The van der Waals surface area contributed by atoms with Gasteiger partial charge in [0.25, 0.3) is 5.91 Å². The SMILES string of the molecule is O=C(Nc1cccc(CO)c1)c1cccc(S(=O)(=O)N2CCCCCC2)c1. The van der Waals surface area contributed by atoms with Crippen molar-refractivity contribution in [2.75, 3.05) is 18.4 Å². The summed E-state index contributed by atoms with van der Waals surface area (Å²) in [6.07, 6.45) is 3.81. The fourth-order valence-electron chi connectivity index (χ4n) is 3.18. The van der Waals surface area contributed by atoms with Gasteiger partial charge in [-0.1, -0.05) is 31.0 Å². The number of hydrogen-bond acceptors (Lipinski definition) is 4. The molecule has 0 radical (unpaired) electrons. The molecule has 1 amide bonds. The van der Waals surface area contributed by atoms with Crippen LogP contribution < -0.4 is 5.32 Å². The molecule has 144 valence electrons. The minimum atomic E-state index is -3.60. The quantitative estimate of drug-likeness (QED) is 0.824. The zero-order chi connectivity index (χ0) is 19.3. The van der Waals surface area contributed by atoms with Gasteiger partial charge in [-0.3, -0.25) is 4.79 Å². The van der Waals surface area contributed by atoms with E-state index in [4.69, 9.17) is 0 Å². The molecule has 0 bridgehead atoms. The minimum absolute atomic E-state index is 0.118. The van der Waals surface area contributed by atoms with Gasteiger partial charge in [0.1, 0.15) is 0 Å². The second kappa shape index (κ2) is 8.65. The molecular weight excluding hydrogens is 364 g/mol. The standard InChI is InChI=1S/C20H24N2O4S/c23-15-16-7-5-9-18(13-16)21-20(24)17-8-6-10-19(14-17)27(25,26)22-11-3-1-2-4-12-22/h5-10,13-14,23H,1-4,11-12,15H2,(H,21,24). The zero-order valence-corrected chi connectivity index (χ0v) is 15.9. The highest BCUT2D eigenvalue weighted by molar-refractivity contribution is 7.89. The fourth-order valence-corrected chi connectivity index (χ4v) is 4.74. The summed E-state index contributed by atoms with van der Waals surface area (Å²) in [6, 6.07) is 13.0. The molecule has 0 aliphatic carbocycles. The average molecular weight is 388 g/mol. The van der Waals surface area contributed by atoms with Gasteiger partial charge in [0.15, 0.2) is 0 Å². The van der Waals surface area contributed by atoms with Crippen molar-refractivity contribution < 1.29 is 18.3 Å². The van der Waals surface area contributed by atoms with Crippen LogP contribution in [0, 0.1) is 0 Å². The lowest BCUT2D eigenvalue weighted by Gasteiger charge is -2.20. The van der Waals surface area contributed by atoms with Gasteiger partial charge in [0.05, 0.1) is 11.5 Å². The van der Waals surface area contributed by atoms with Gasteiger partial charge in [-0.25, -0.2) is 8.42 Å². The monoisotopic (exact) mass is 388 g/mol. The van der Waals surface area contributed by atoms with E-state index >= 15 is 0 Å². The van der Waals surface area contributed by atoms with Crippen molar-refractivity contribution in [2.24, 2.45) is 0 Å². The number of aliphatic hydroxyl groups excluding tert-OH is 1. The average Bonchev–Trinajstić information content (AvgIpc) is 2.98. The predicted octanol–water partition coefficient (Wildman–Crippen LogP) is 3.00. The Morgan fingerprint density at radius 2 is 1.70 bits per heavy atom. The fraction of sp³-hybridized carbons (Fsp3) is 0.350. The Morgan fingerprint density at radius 1 is 1.00 bits per heavy atom. The lowest BCUT2D eigenvalue weighted by Crippen LogP contribution is -2.32. The van der Waals surface area contributed by atoms with Gasteiger partial charge < -0.3 is 10.4 Å². The number of rotatable bonds is 5. The molecule has 1 aliphatic rings. The number of anilines is 1. The van der Waals surface area contributed by atoms with Crippen LogP contribution in [-0.2, 0) is 16.6 Å². The van der Waals surface area contributed by atoms with Gasteiger partial charge >= 0.3 is 0 Å². The normalized spacial score (nSPS) is 15.9. The number of amides is 1. The lowest BCUT2D eigenvalue weighted by atomic mass is 10.2. The Balaban J connectivity index is 1.80. The van der Waals surface area contributed by atoms with Crippen molar-refractivity contribution in [3.8, 4) is 0 Å². The highest BCUT2D eigenvalue weighted by Gasteiger charge is 2.25. The second-order valence-electron chi connectivity index (χ2n) is 6.66. The first kappa shape index (κ1) is 19.5. The number of carbonyl (C=O) groups is 1. The maximum Gasteiger partial charge on any atom is 0.255 e. The molecule has 1 aliphatic heterocycles. The number of nitrogens with zero attached hydrogens (tertiary/aromatic N) is 1. The van der Waals surface area contributed by atoms with E-state index in [-0.39, 0.29) is 17.1 Å². The van der Waals surface area contributed by atoms with E-state index in [1.54, 1.807) is 36.4 Å². The molecule has 1 fully saturated rings. The molecule has 0 atom stereocenters. The number of benzene rings is 2. The Hall–Kier alpha value is -2.22. The van der Waals surface area contributed by atoms with E-state index in [9.17, 15) is 18.3 Å². The first-order valence-electron chi connectivity index (χ1n) is 9.12. The molecule has 1 saturated heterocycles. The van der Waals surface area contributed by atoms with Crippen LogP contribution in [0.25, 0.3) is 0 Å². The van der Waals surface area contributed by atoms with Crippen molar-refractivity contribution in [2.45, 2.75) is 37.2 Å². The van der Waals surface area contributed by atoms with Crippen molar-refractivity contribution in [1.82, 2.24) is 4.31 Å². The van der Waals surface area contributed by atoms with Crippen molar-refractivity contribution in [3.63, 3.8) is 0 Å². The largest absolute Gasteiger partial charge is 0.392 e. The second-order valence-corrected chi connectivity index (χ2v) is 8.60. The first-order valence-corrected chi connectivity index (χ1v) is 10.6. The molecule has 0 saturated carbocycles. The van der Waals surface area contributed by atoms with Crippen LogP contribution >= 0.6 is 0 Å². The summed E-state index contributed by atoms with van der Waals surface area (Å²) in [6.45, 7) is 0.923. The molecule has 0 aromatic heterocycles. The molecule has 2 aromatic rings. The minimum Gasteiger partial charge on any atom is -0.392 e. The molecule has 27 heavy (non-hydrogen) atoms. The number of nitrogens with one attached hydrogen (secondary N) is 1. The molecule has 0 spiro atoms. The Bertz CT molecular complexity index is 904. The molecular formula is C20H24N2O4S. The summed E-state index contributed by atoms with van der Waals surface area (Å²) < 4.78 is 27.4. The van der Waals surface area contributed by atoms with Gasteiger partial charge in [-0.2, -0.15) is 4.31 Å². The van der Waals surface area contributed by atoms with Gasteiger partial charge in [0.2, 0.25) is 10.0 Å². The Labute approximate surface area is 159 Å². The van der Waals surface area contributed by atoms with Crippen LogP contribution in [0.2, 0.25) is 0 Å². The Kier molecular flexibility index (Phi) is 6.26. The number of sulfonamides is 1. The first-order chi connectivity index (χ1) is 13.0. The summed E-state index contributed by atoms with van der Waals surface area (Å²) >= 11 is 0. The Morgan fingerprint density at radius 3 is 2.41 bits per heavy atom. The van der Waals surface area contributed by atoms with Gasteiger partial charge in [0, 0.05) is 24.3 Å². The van der Waals surface area contributed by atoms with E-state index in [2.05, 4.69) is 5.32 Å². The van der Waals surface area contributed by atoms with Crippen LogP contribution in [0.3, 0.4) is 0 Å². The van der Waals surface area contributed by atoms with E-state index < -0.39 is 15.9 Å². The maximum absolute atomic E-state index is 12.9. The highest BCUT2D eigenvalue weighted by atomic mass is 32.2. The topological polar surface area (TPSA) is 86.7 Å². The highest BCUT2D eigenvalue weighted by Crippen LogP contribution is 2.21. The summed E-state index contributed by atoms with van der Waals surface area (Å²) in [5, 5.41) is 11.9. The van der Waals surface area contributed by atoms with E-state index in [0.29, 0.717) is 24.3 Å². The van der Waals surface area contributed by atoms with Crippen LogP contribution in [0.5, 0.6) is 0 Å². The molecule has 1 heterocycles. The molecule has 6 nitrogen and oxygen atoms in total. The molecule has 0 unspecified atom stereocenters. The third kappa shape index (κ3) is 4.74. The third-order valence-electron chi connectivity index (χ3n) is 4.67. The lowest BCUT2D eigenvalue weighted by molar-refractivity contribution is 0.102. The zero-order valence-electron chi connectivity index (χ0n) is 15.1. The van der Waals surface area contributed by atoms with Gasteiger partial charge in [-0.05, 0) is 48.7 Å². The van der Waals surface area contributed by atoms with Crippen LogP contribution in [0.15, 0.2) is 53.4 Å². The smallest absolute Gasteiger partial charge is 0.255 e. The summed E-state index contributed by atoms with van der Waals surface area (Å²) in [5.41, 5.74) is 1.51. The molecule has 2 aromatic carbocycles. The molecule has 3 rings (SSSR count). The van der Waals surface area contributed by atoms with Crippen molar-refractivity contribution in [1.29, 1.82) is 0 Å². The van der Waals surface area contributed by atoms with Crippen molar-refractivity contribution >= 4 is 21.6 Å². The molecule has 7 heteroatoms. The van der Waals surface area contributed by atoms with E-state index in [0.717, 1.165) is 25.7 Å². The maximum atomic E-state index is 12.9. The predicted molar refractivity (Wildman–Crippen MR) is 104 cm³/mol. The summed E-state index contributed by atoms with van der Waals surface area (Å²) in [7, 11) is -3.60. The number of carbonyl (C=O) groups excluding carboxylic acids is 1. The number of aliphatic hydroxyl groups is 1. The van der Waals surface area contributed by atoms with Gasteiger partial charge in [-0.15, -0.1) is 0 Å². The van der Waals surface area contributed by atoms with Crippen LogP contribution in [0.4, 0.5) is 5.69 Å². The van der Waals surface area contributed by atoms with Crippen LogP contribution in [0.1, 0.15) is 41.6 Å². The van der Waals surface area contributed by atoms with Crippen LogP contribution in [-0.4, -0.2) is 36.8 Å². The third-order valence-corrected chi connectivity index (χ3v) is 6.56. The molecule has 2 N–H and O–H groups in total. The van der Waals surface area contributed by atoms with E-state index in [1.165, 1.54) is 16.4 Å².